The number of aryl methyl sites for hydroxylation is 2. The van der Waals surface area contributed by atoms with Crippen molar-refractivity contribution in [3.63, 3.8) is 0 Å². The van der Waals surface area contributed by atoms with Crippen molar-refractivity contribution in [3.05, 3.63) is 65.5 Å². The summed E-state index contributed by atoms with van der Waals surface area (Å²) in [5.74, 6) is -0.229. The highest BCUT2D eigenvalue weighted by Gasteiger charge is 2.13. The van der Waals surface area contributed by atoms with E-state index in [2.05, 4.69) is 17.4 Å². The summed E-state index contributed by atoms with van der Waals surface area (Å²) >= 11 is 0. The van der Waals surface area contributed by atoms with Crippen LogP contribution in [0.2, 0.25) is 0 Å². The predicted octanol–water partition coefficient (Wildman–Crippen LogP) is 3.52. The monoisotopic (exact) mass is 363 g/mol. The Morgan fingerprint density at radius 2 is 1.96 bits per heavy atom. The van der Waals surface area contributed by atoms with Crippen molar-refractivity contribution in [2.24, 2.45) is 0 Å². The molecule has 1 unspecified atom stereocenters. The molecule has 0 fully saturated rings. The lowest BCUT2D eigenvalue weighted by Gasteiger charge is -2.11. The van der Waals surface area contributed by atoms with Gasteiger partial charge in [-0.2, -0.15) is 0 Å². The molecule has 0 bridgehead atoms. The molecule has 1 aromatic carbocycles. The first-order chi connectivity index (χ1) is 13.0. The van der Waals surface area contributed by atoms with Crippen molar-refractivity contribution in [3.8, 4) is 11.3 Å². The smallest absolute Gasteiger partial charge is 0.244 e. The lowest BCUT2D eigenvalue weighted by atomic mass is 10.1. The summed E-state index contributed by atoms with van der Waals surface area (Å²) in [6, 6.07) is 12.0. The summed E-state index contributed by atoms with van der Waals surface area (Å²) < 4.78 is 1.98. The molecule has 5 nitrogen and oxygen atoms in total. The quantitative estimate of drug-likeness (QED) is 0.659. The summed E-state index contributed by atoms with van der Waals surface area (Å²) in [6.45, 7) is 5.93. The van der Waals surface area contributed by atoms with Gasteiger partial charge in [0.25, 0.3) is 0 Å². The Kier molecular flexibility index (Phi) is 5.72. The van der Waals surface area contributed by atoms with E-state index in [1.54, 1.807) is 6.08 Å². The summed E-state index contributed by atoms with van der Waals surface area (Å²) in [4.78, 5) is 17.0. The minimum atomic E-state index is -0.233. The molecule has 0 aliphatic heterocycles. The van der Waals surface area contributed by atoms with Gasteiger partial charge in [0, 0.05) is 17.8 Å². The molecule has 2 N–H and O–H groups in total. The molecule has 0 spiro atoms. The van der Waals surface area contributed by atoms with Gasteiger partial charge in [-0.3, -0.25) is 9.20 Å². The number of rotatable bonds is 6. The lowest BCUT2D eigenvalue weighted by Crippen LogP contribution is -2.35. The number of benzene rings is 1. The molecule has 0 saturated carbocycles. The van der Waals surface area contributed by atoms with E-state index in [4.69, 9.17) is 4.98 Å². The third kappa shape index (κ3) is 4.26. The lowest BCUT2D eigenvalue weighted by molar-refractivity contribution is -0.117. The predicted molar refractivity (Wildman–Crippen MR) is 108 cm³/mol. The van der Waals surface area contributed by atoms with E-state index in [-0.39, 0.29) is 18.6 Å². The van der Waals surface area contributed by atoms with Crippen LogP contribution in [0.3, 0.4) is 0 Å². The average Bonchev–Trinajstić information content (AvgIpc) is 3.02. The third-order valence-corrected chi connectivity index (χ3v) is 4.60. The van der Waals surface area contributed by atoms with Crippen LogP contribution in [0, 0.1) is 13.8 Å². The van der Waals surface area contributed by atoms with Gasteiger partial charge in [0.05, 0.1) is 24.0 Å². The normalized spacial score (nSPS) is 12.6. The van der Waals surface area contributed by atoms with E-state index >= 15 is 0 Å². The van der Waals surface area contributed by atoms with Crippen LogP contribution in [0.4, 0.5) is 0 Å². The number of fused-ring (bicyclic) bond motifs is 1. The standard InChI is InChI=1S/C22H25N3O2/c1-4-18(14-26)23-21(27)10-9-19-22(17-7-5-15(2)6-8-17)24-20-13-16(3)11-12-25(19)20/h5-13,18,26H,4,14H2,1-3H3,(H,23,27)/b10-9+. The van der Waals surface area contributed by atoms with Crippen LogP contribution < -0.4 is 5.32 Å². The Labute approximate surface area is 159 Å². The summed E-state index contributed by atoms with van der Waals surface area (Å²) in [5.41, 5.74) is 5.84. The van der Waals surface area contributed by atoms with Gasteiger partial charge in [-0.1, -0.05) is 36.8 Å². The van der Waals surface area contributed by atoms with E-state index in [9.17, 15) is 9.90 Å². The number of imidazole rings is 1. The molecule has 0 saturated heterocycles. The van der Waals surface area contributed by atoms with E-state index in [0.717, 1.165) is 28.2 Å². The minimum absolute atomic E-state index is 0.0699. The molecule has 27 heavy (non-hydrogen) atoms. The fourth-order valence-electron chi connectivity index (χ4n) is 2.93. The molecule has 2 heterocycles. The van der Waals surface area contributed by atoms with Crippen LogP contribution in [0.25, 0.3) is 23.0 Å². The van der Waals surface area contributed by atoms with Gasteiger partial charge in [-0.05, 0) is 44.0 Å². The molecule has 0 aliphatic rings. The maximum atomic E-state index is 12.2. The number of aliphatic hydroxyl groups is 1. The van der Waals surface area contributed by atoms with Crippen molar-refractivity contribution in [2.75, 3.05) is 6.61 Å². The zero-order valence-electron chi connectivity index (χ0n) is 15.9. The molecule has 1 amide bonds. The Balaban J connectivity index is 2.02. The van der Waals surface area contributed by atoms with Gasteiger partial charge in [0.15, 0.2) is 0 Å². The van der Waals surface area contributed by atoms with Crippen LogP contribution in [0.15, 0.2) is 48.7 Å². The van der Waals surface area contributed by atoms with Crippen LogP contribution >= 0.6 is 0 Å². The second-order valence-corrected chi connectivity index (χ2v) is 6.77. The average molecular weight is 363 g/mol. The SMILES string of the molecule is CCC(CO)NC(=O)/C=C/c1c(-c2ccc(C)cc2)nc2cc(C)ccn12. The van der Waals surface area contributed by atoms with Crippen molar-refractivity contribution >= 4 is 17.6 Å². The highest BCUT2D eigenvalue weighted by Crippen LogP contribution is 2.26. The fraction of sp³-hybridized carbons (Fsp3) is 0.273. The number of carbonyl (C=O) groups is 1. The second kappa shape index (κ2) is 8.18. The molecular formula is C22H25N3O2. The minimum Gasteiger partial charge on any atom is -0.394 e. The summed E-state index contributed by atoms with van der Waals surface area (Å²) in [7, 11) is 0. The maximum absolute atomic E-state index is 12.2. The van der Waals surface area contributed by atoms with Crippen molar-refractivity contribution in [2.45, 2.75) is 33.2 Å². The van der Waals surface area contributed by atoms with Crippen LogP contribution in [0.1, 0.15) is 30.2 Å². The van der Waals surface area contributed by atoms with Crippen LogP contribution in [-0.4, -0.2) is 33.0 Å². The first kappa shape index (κ1) is 18.9. The Morgan fingerprint density at radius 1 is 1.22 bits per heavy atom. The maximum Gasteiger partial charge on any atom is 0.244 e. The largest absolute Gasteiger partial charge is 0.394 e. The number of hydrogen-bond donors (Lipinski definition) is 2. The van der Waals surface area contributed by atoms with Crippen molar-refractivity contribution < 1.29 is 9.90 Å². The first-order valence-electron chi connectivity index (χ1n) is 9.17. The zero-order valence-corrected chi connectivity index (χ0v) is 15.9. The number of nitrogens with one attached hydrogen (secondary N) is 1. The third-order valence-electron chi connectivity index (χ3n) is 4.60. The highest BCUT2D eigenvalue weighted by atomic mass is 16.3. The van der Waals surface area contributed by atoms with Gasteiger partial charge in [-0.15, -0.1) is 0 Å². The Morgan fingerprint density at radius 3 is 2.63 bits per heavy atom. The number of hydrogen-bond acceptors (Lipinski definition) is 3. The second-order valence-electron chi connectivity index (χ2n) is 6.77. The molecule has 2 aromatic heterocycles. The van der Waals surface area contributed by atoms with E-state index < -0.39 is 0 Å². The molecule has 3 rings (SSSR count). The number of aliphatic hydroxyl groups excluding tert-OH is 1. The molecule has 5 heteroatoms. The number of pyridine rings is 1. The Bertz CT molecular complexity index is 967. The van der Waals surface area contributed by atoms with Gasteiger partial charge < -0.3 is 10.4 Å². The Hall–Kier alpha value is -2.92. The van der Waals surface area contributed by atoms with E-state index in [0.29, 0.717) is 6.42 Å². The summed E-state index contributed by atoms with van der Waals surface area (Å²) in [6.07, 6.45) is 5.93. The number of carbonyl (C=O) groups excluding carboxylic acids is 1. The van der Waals surface area contributed by atoms with Gasteiger partial charge in [0.1, 0.15) is 5.65 Å². The molecular weight excluding hydrogens is 338 g/mol. The molecule has 0 aliphatic carbocycles. The molecule has 1 atom stereocenters. The van der Waals surface area contributed by atoms with Gasteiger partial charge in [-0.25, -0.2) is 4.98 Å². The topological polar surface area (TPSA) is 66.6 Å². The van der Waals surface area contributed by atoms with E-state index in [1.165, 1.54) is 11.6 Å². The fourth-order valence-corrected chi connectivity index (χ4v) is 2.93. The van der Waals surface area contributed by atoms with Gasteiger partial charge in [0.2, 0.25) is 5.91 Å². The van der Waals surface area contributed by atoms with Crippen LogP contribution in [-0.2, 0) is 4.79 Å². The number of nitrogens with zero attached hydrogens (tertiary/aromatic N) is 2. The molecule has 0 radical (unpaired) electrons. The zero-order chi connectivity index (χ0) is 19.4. The van der Waals surface area contributed by atoms with Crippen LogP contribution in [0.5, 0.6) is 0 Å². The highest BCUT2D eigenvalue weighted by molar-refractivity contribution is 5.93. The van der Waals surface area contributed by atoms with E-state index in [1.807, 2.05) is 55.6 Å². The van der Waals surface area contributed by atoms with Crippen molar-refractivity contribution in [1.82, 2.24) is 14.7 Å². The number of amides is 1. The van der Waals surface area contributed by atoms with Gasteiger partial charge >= 0.3 is 0 Å². The van der Waals surface area contributed by atoms with Crippen molar-refractivity contribution in [1.29, 1.82) is 0 Å². The molecule has 3 aromatic rings. The summed E-state index contributed by atoms with van der Waals surface area (Å²) in [5, 5.41) is 12.1. The first-order valence-corrected chi connectivity index (χ1v) is 9.17. The number of aromatic nitrogens is 2. The molecule has 140 valence electrons.